The molecule has 0 heterocycles. The quantitative estimate of drug-likeness (QED) is 0.798. The maximum absolute atomic E-state index is 9.81. The molecule has 0 spiro atoms. The van der Waals surface area contributed by atoms with Crippen molar-refractivity contribution in [2.24, 2.45) is 0 Å². The van der Waals surface area contributed by atoms with Crippen LogP contribution in [0.15, 0.2) is 0 Å². The van der Waals surface area contributed by atoms with Crippen LogP contribution in [0.1, 0.15) is 48.5 Å². The molecule has 0 radical (unpaired) electrons. The van der Waals surface area contributed by atoms with Gasteiger partial charge in [-0.1, -0.05) is 14.4 Å². The average molecular weight is 284 g/mol. The molecule has 0 saturated carbocycles. The van der Waals surface area contributed by atoms with Gasteiger partial charge in [-0.15, -0.1) is 0 Å². The van der Waals surface area contributed by atoms with Crippen molar-refractivity contribution in [1.82, 2.24) is 0 Å². The summed E-state index contributed by atoms with van der Waals surface area (Å²) in [5.74, 6) is -0.412. The number of carbonyl (C=O) groups excluding carboxylic acids is 2. The number of hydrogen-bond acceptors (Lipinski definition) is 4. The third kappa shape index (κ3) is 3160. The van der Waals surface area contributed by atoms with Crippen LogP contribution in [0.3, 0.4) is 0 Å². The Hall–Kier alpha value is -1.04. The highest BCUT2D eigenvalue weighted by Crippen LogP contribution is 1.71. The van der Waals surface area contributed by atoms with Gasteiger partial charge in [-0.2, -0.15) is 0 Å². The standard InChI is InChI=1S/C4H8O.C3H6O.C2H4O2.C2H6OS.CH4/c1-3-4(2)5;1-3(2)4;1-2(3)4;1-4(2)3;/h3H2,1-2H3;1-2H3;1H3,(H,3,4);1-2H3;1H4. The van der Waals surface area contributed by atoms with Crippen LogP contribution in [0.4, 0.5) is 0 Å². The van der Waals surface area contributed by atoms with Crippen LogP contribution in [0, 0.1) is 0 Å². The first kappa shape index (κ1) is 30.2. The molecular weight excluding hydrogens is 256 g/mol. The molecule has 0 bridgehead atoms. The van der Waals surface area contributed by atoms with Gasteiger partial charge in [0.25, 0.3) is 5.97 Å². The highest BCUT2D eigenvalue weighted by atomic mass is 32.2. The predicted molar refractivity (Wildman–Crippen MR) is 77.4 cm³/mol. The summed E-state index contributed by atoms with van der Waals surface area (Å²) in [6.45, 7) is 7.57. The smallest absolute Gasteiger partial charge is 0.300 e. The molecule has 6 heteroatoms. The fourth-order valence-electron chi connectivity index (χ4n) is 0. The van der Waals surface area contributed by atoms with Gasteiger partial charge in [0, 0.05) is 36.7 Å². The van der Waals surface area contributed by atoms with E-state index in [9.17, 15) is 13.8 Å². The molecule has 0 aromatic heterocycles. The number of carbonyl (C=O) groups is 3. The van der Waals surface area contributed by atoms with Crippen molar-refractivity contribution in [3.63, 3.8) is 0 Å². The van der Waals surface area contributed by atoms with Crippen LogP contribution >= 0.6 is 0 Å². The van der Waals surface area contributed by atoms with Crippen LogP contribution < -0.4 is 0 Å². The molecule has 0 atom stereocenters. The maximum Gasteiger partial charge on any atom is 0.300 e. The maximum atomic E-state index is 9.81. The van der Waals surface area contributed by atoms with E-state index in [0.29, 0.717) is 6.42 Å². The number of carboxylic acids is 1. The number of Topliss-reactive ketones (excluding diaryl/α,β-unsaturated/α-hetero) is 2. The Morgan fingerprint density at radius 2 is 1.06 bits per heavy atom. The molecular formula is C12H28O5S. The number of hydrogen-bond donors (Lipinski definition) is 1. The second kappa shape index (κ2) is 25.0. The molecule has 18 heavy (non-hydrogen) atoms. The topological polar surface area (TPSA) is 88.5 Å². The van der Waals surface area contributed by atoms with Gasteiger partial charge in [-0.25, -0.2) is 0 Å². The van der Waals surface area contributed by atoms with Crippen LogP contribution in [0.5, 0.6) is 0 Å². The minimum Gasteiger partial charge on any atom is -0.481 e. The summed E-state index contributed by atoms with van der Waals surface area (Å²) < 4.78 is 9.56. The monoisotopic (exact) mass is 284 g/mol. The van der Waals surface area contributed by atoms with Crippen LogP contribution in [0.2, 0.25) is 0 Å². The van der Waals surface area contributed by atoms with Crippen molar-refractivity contribution in [2.75, 3.05) is 12.5 Å². The van der Waals surface area contributed by atoms with Crippen molar-refractivity contribution in [3.8, 4) is 0 Å². The molecule has 0 fully saturated rings. The van der Waals surface area contributed by atoms with Crippen LogP contribution in [-0.4, -0.2) is 39.4 Å². The Balaban J connectivity index is -0.0000000412. The van der Waals surface area contributed by atoms with E-state index in [0.717, 1.165) is 6.92 Å². The molecule has 0 aliphatic rings. The Morgan fingerprint density at radius 1 is 1.00 bits per heavy atom. The van der Waals surface area contributed by atoms with E-state index in [1.807, 2.05) is 6.92 Å². The van der Waals surface area contributed by atoms with Crippen LogP contribution in [0.25, 0.3) is 0 Å². The molecule has 0 aromatic rings. The van der Waals surface area contributed by atoms with E-state index in [2.05, 4.69) is 0 Å². The zero-order valence-corrected chi connectivity index (χ0v) is 12.5. The van der Waals surface area contributed by atoms with Gasteiger partial charge in [0.05, 0.1) is 0 Å². The summed E-state index contributed by atoms with van der Waals surface area (Å²) in [5, 5.41) is 7.42. The normalized spacial score (nSPS) is 6.89. The van der Waals surface area contributed by atoms with E-state index in [4.69, 9.17) is 9.90 Å². The SMILES string of the molecule is C.CC(=O)O.CC(C)=O.CCC(C)=O.CS(C)=O. The third-order valence-electron chi connectivity index (χ3n) is 0.498. The number of rotatable bonds is 1. The van der Waals surface area contributed by atoms with Crippen molar-refractivity contribution in [3.05, 3.63) is 0 Å². The first-order chi connectivity index (χ1) is 7.47. The Morgan fingerprint density at radius 3 is 1.06 bits per heavy atom. The molecule has 0 aliphatic heterocycles. The molecule has 0 amide bonds. The molecule has 5 nitrogen and oxygen atoms in total. The Labute approximate surface area is 113 Å². The fraction of sp³-hybridized carbons (Fsp3) is 0.750. The summed E-state index contributed by atoms with van der Waals surface area (Å²) in [7, 11) is -0.611. The van der Waals surface area contributed by atoms with Crippen molar-refractivity contribution < 1.29 is 23.7 Å². The van der Waals surface area contributed by atoms with Gasteiger partial charge in [0.1, 0.15) is 11.6 Å². The predicted octanol–water partition coefficient (Wildman–Crippen LogP) is 2.30. The summed E-state index contributed by atoms with van der Waals surface area (Å²) in [4.78, 5) is 28.3. The zero-order chi connectivity index (χ0) is 15.0. The summed E-state index contributed by atoms with van der Waals surface area (Å²) >= 11 is 0. The molecule has 0 saturated heterocycles. The molecule has 0 unspecified atom stereocenters. The minimum absolute atomic E-state index is 0. The highest BCUT2D eigenvalue weighted by Gasteiger charge is 1.76. The average Bonchev–Trinajstić information content (AvgIpc) is 2.00. The molecule has 112 valence electrons. The lowest BCUT2D eigenvalue weighted by molar-refractivity contribution is -0.134. The Bertz CT molecular complexity index is 196. The number of ketones is 2. The lowest BCUT2D eigenvalue weighted by atomic mass is 10.4. The second-order valence-electron chi connectivity index (χ2n) is 3.22. The van der Waals surface area contributed by atoms with Gasteiger partial charge >= 0.3 is 0 Å². The first-order valence-electron chi connectivity index (χ1n) is 4.88. The van der Waals surface area contributed by atoms with Crippen molar-refractivity contribution >= 4 is 28.3 Å². The van der Waals surface area contributed by atoms with Gasteiger partial charge in [-0.3, -0.25) is 9.00 Å². The molecule has 1 N–H and O–H groups in total. The van der Waals surface area contributed by atoms with Crippen molar-refractivity contribution in [2.45, 2.75) is 48.5 Å². The summed E-state index contributed by atoms with van der Waals surface area (Å²) in [5.41, 5.74) is 0. The van der Waals surface area contributed by atoms with E-state index >= 15 is 0 Å². The lowest BCUT2D eigenvalue weighted by Crippen LogP contribution is -1.80. The molecule has 0 rings (SSSR count). The number of aliphatic carboxylic acids is 1. The largest absolute Gasteiger partial charge is 0.481 e. The van der Waals surface area contributed by atoms with Crippen molar-refractivity contribution in [1.29, 1.82) is 0 Å². The Kier molecular flexibility index (Phi) is 41.9. The van der Waals surface area contributed by atoms with Crippen LogP contribution in [-0.2, 0) is 25.2 Å². The number of carboxylic acid groups (broad SMARTS) is 1. The lowest BCUT2D eigenvalue weighted by Gasteiger charge is -1.71. The first-order valence-corrected chi connectivity index (χ1v) is 6.85. The van der Waals surface area contributed by atoms with E-state index in [1.54, 1.807) is 19.4 Å². The van der Waals surface area contributed by atoms with Gasteiger partial charge in [0.2, 0.25) is 0 Å². The second-order valence-corrected chi connectivity index (χ2v) is 4.71. The zero-order valence-electron chi connectivity index (χ0n) is 11.7. The summed E-state index contributed by atoms with van der Waals surface area (Å²) in [6, 6.07) is 0. The highest BCUT2D eigenvalue weighted by molar-refractivity contribution is 7.83. The van der Waals surface area contributed by atoms with Gasteiger partial charge < -0.3 is 14.7 Å². The third-order valence-corrected chi connectivity index (χ3v) is 0.498. The minimum atomic E-state index is -0.833. The van der Waals surface area contributed by atoms with Gasteiger partial charge in [0.15, 0.2) is 0 Å². The molecule has 0 aromatic carbocycles. The van der Waals surface area contributed by atoms with E-state index < -0.39 is 16.8 Å². The van der Waals surface area contributed by atoms with E-state index in [1.165, 1.54) is 13.8 Å². The summed E-state index contributed by atoms with van der Waals surface area (Å²) in [6.07, 6.45) is 3.94. The van der Waals surface area contributed by atoms with Gasteiger partial charge in [-0.05, 0) is 20.8 Å². The fourth-order valence-corrected chi connectivity index (χ4v) is 0. The van der Waals surface area contributed by atoms with E-state index in [-0.39, 0.29) is 19.0 Å². The molecule has 0 aliphatic carbocycles.